The van der Waals surface area contributed by atoms with Crippen molar-refractivity contribution in [2.45, 2.75) is 11.6 Å². The van der Waals surface area contributed by atoms with Crippen molar-refractivity contribution in [2.75, 3.05) is 17.2 Å². The number of hydrogen-bond acceptors (Lipinski definition) is 6. The number of para-hydroxylation sites is 1. The van der Waals surface area contributed by atoms with Gasteiger partial charge in [-0.2, -0.15) is 0 Å². The molecule has 6 nitrogen and oxygen atoms in total. The molecule has 158 valence electrons. The third kappa shape index (κ3) is 3.26. The van der Waals surface area contributed by atoms with Crippen LogP contribution in [0.1, 0.15) is 5.56 Å². The number of aromatic nitrogens is 4. The minimum Gasteiger partial charge on any atom is -0.311 e. The standard InChI is InChI=1S/C23H16ClN5OS2/c24-16-7-5-14(6-8-16)17-11-31-22-20(17)21-26-27-23(29(21)13-25-22)32-12-19(30)28-10-9-15-3-1-2-4-18(15)28/h1-8,11,13H,9-10,12H2. The second-order valence-electron chi connectivity index (χ2n) is 7.47. The number of carbonyl (C=O) groups is 1. The van der Waals surface area contributed by atoms with Gasteiger partial charge < -0.3 is 4.90 Å². The van der Waals surface area contributed by atoms with Crippen molar-refractivity contribution in [2.24, 2.45) is 0 Å². The lowest BCUT2D eigenvalue weighted by Gasteiger charge is -2.16. The van der Waals surface area contributed by atoms with Crippen molar-refractivity contribution in [3.8, 4) is 11.1 Å². The fraction of sp³-hybridized carbons (Fsp3) is 0.130. The van der Waals surface area contributed by atoms with E-state index in [4.69, 9.17) is 11.6 Å². The summed E-state index contributed by atoms with van der Waals surface area (Å²) in [7, 11) is 0. The van der Waals surface area contributed by atoms with Crippen LogP contribution in [0, 0.1) is 0 Å². The normalized spacial score (nSPS) is 13.2. The molecular formula is C23H16ClN5OS2. The van der Waals surface area contributed by atoms with E-state index in [2.05, 4.69) is 26.6 Å². The van der Waals surface area contributed by atoms with Crippen LogP contribution in [-0.4, -0.2) is 37.8 Å². The average molecular weight is 478 g/mol. The first-order valence-electron chi connectivity index (χ1n) is 10.1. The Morgan fingerprint density at radius 2 is 1.97 bits per heavy atom. The Hall–Kier alpha value is -2.94. The van der Waals surface area contributed by atoms with Crippen LogP contribution in [0.25, 0.3) is 27.0 Å². The van der Waals surface area contributed by atoms with Crippen LogP contribution in [0.3, 0.4) is 0 Å². The summed E-state index contributed by atoms with van der Waals surface area (Å²) in [6, 6.07) is 15.8. The van der Waals surface area contributed by atoms with Gasteiger partial charge in [-0.25, -0.2) is 4.98 Å². The van der Waals surface area contributed by atoms with Gasteiger partial charge in [0.1, 0.15) is 11.2 Å². The molecule has 0 atom stereocenters. The Kier molecular flexibility index (Phi) is 4.86. The summed E-state index contributed by atoms with van der Waals surface area (Å²) in [5.41, 5.74) is 5.07. The average Bonchev–Trinajstić information content (AvgIpc) is 3.54. The Bertz CT molecular complexity index is 1480. The number of hydrogen-bond donors (Lipinski definition) is 0. The summed E-state index contributed by atoms with van der Waals surface area (Å²) in [6.45, 7) is 0.723. The van der Waals surface area contributed by atoms with Crippen LogP contribution in [0.4, 0.5) is 5.69 Å². The van der Waals surface area contributed by atoms with Gasteiger partial charge in [0.05, 0.1) is 11.1 Å². The van der Waals surface area contributed by atoms with Crippen LogP contribution in [-0.2, 0) is 11.2 Å². The highest BCUT2D eigenvalue weighted by molar-refractivity contribution is 7.99. The SMILES string of the molecule is O=C(CSc1nnc2c3c(-c4ccc(Cl)cc4)csc3ncn12)N1CCc2ccccc21. The van der Waals surface area contributed by atoms with Gasteiger partial charge in [0.25, 0.3) is 0 Å². The third-order valence-corrected chi connectivity index (χ3v) is 7.68. The molecule has 1 aliphatic rings. The van der Waals surface area contributed by atoms with Gasteiger partial charge in [-0.1, -0.05) is 53.7 Å². The van der Waals surface area contributed by atoms with E-state index in [0.29, 0.717) is 15.9 Å². The highest BCUT2D eigenvalue weighted by Gasteiger charge is 2.25. The van der Waals surface area contributed by atoms with Gasteiger partial charge in [0.15, 0.2) is 10.8 Å². The summed E-state index contributed by atoms with van der Waals surface area (Å²) in [5.74, 6) is 0.365. The van der Waals surface area contributed by atoms with Crippen LogP contribution in [0.2, 0.25) is 5.02 Å². The van der Waals surface area contributed by atoms with Gasteiger partial charge >= 0.3 is 0 Å². The van der Waals surface area contributed by atoms with Crippen molar-refractivity contribution in [3.05, 3.63) is 70.8 Å². The monoisotopic (exact) mass is 477 g/mol. The summed E-state index contributed by atoms with van der Waals surface area (Å²) in [6.07, 6.45) is 2.63. The van der Waals surface area contributed by atoms with E-state index in [1.807, 2.05) is 51.8 Å². The van der Waals surface area contributed by atoms with Crippen LogP contribution < -0.4 is 4.90 Å². The number of carbonyl (C=O) groups excluding carboxylic acids is 1. The molecule has 1 aliphatic heterocycles. The Labute approximate surface area is 196 Å². The first kappa shape index (κ1) is 19.7. The van der Waals surface area contributed by atoms with E-state index in [1.165, 1.54) is 17.3 Å². The maximum atomic E-state index is 12.9. The molecular weight excluding hydrogens is 462 g/mol. The van der Waals surface area contributed by atoms with Gasteiger partial charge in [-0.3, -0.25) is 9.20 Å². The number of thiophene rings is 1. The number of rotatable bonds is 4. The molecule has 5 aromatic rings. The van der Waals surface area contributed by atoms with Gasteiger partial charge in [0.2, 0.25) is 5.91 Å². The molecule has 0 N–H and O–H groups in total. The number of benzene rings is 2. The summed E-state index contributed by atoms with van der Waals surface area (Å²) in [5, 5.41) is 13.2. The van der Waals surface area contributed by atoms with Crippen molar-refractivity contribution in [3.63, 3.8) is 0 Å². The first-order chi connectivity index (χ1) is 15.7. The Morgan fingerprint density at radius 1 is 1.12 bits per heavy atom. The second-order valence-corrected chi connectivity index (χ2v) is 9.71. The second kappa shape index (κ2) is 7.88. The van der Waals surface area contributed by atoms with E-state index >= 15 is 0 Å². The smallest absolute Gasteiger partial charge is 0.237 e. The molecule has 6 rings (SSSR count). The molecule has 0 radical (unpaired) electrons. The Morgan fingerprint density at radius 3 is 2.84 bits per heavy atom. The van der Waals surface area contributed by atoms with Crippen molar-refractivity contribution < 1.29 is 4.79 Å². The van der Waals surface area contributed by atoms with Crippen LogP contribution in [0.5, 0.6) is 0 Å². The minimum absolute atomic E-state index is 0.0723. The highest BCUT2D eigenvalue weighted by atomic mass is 35.5. The van der Waals surface area contributed by atoms with Crippen molar-refractivity contribution >= 4 is 62.2 Å². The summed E-state index contributed by atoms with van der Waals surface area (Å²) < 4.78 is 1.87. The first-order valence-corrected chi connectivity index (χ1v) is 12.3. The maximum absolute atomic E-state index is 12.9. The molecule has 0 spiro atoms. The number of amides is 1. The molecule has 0 aliphatic carbocycles. The van der Waals surface area contributed by atoms with Gasteiger partial charge in [0, 0.05) is 28.2 Å². The van der Waals surface area contributed by atoms with Crippen LogP contribution in [0.15, 0.2) is 65.4 Å². The highest BCUT2D eigenvalue weighted by Crippen LogP contribution is 2.36. The third-order valence-electron chi connectivity index (χ3n) is 5.62. The maximum Gasteiger partial charge on any atom is 0.237 e. The molecule has 0 fully saturated rings. The predicted octanol–water partition coefficient (Wildman–Crippen LogP) is 5.34. The summed E-state index contributed by atoms with van der Waals surface area (Å²) >= 11 is 9.01. The van der Waals surface area contributed by atoms with E-state index in [0.717, 1.165) is 45.6 Å². The number of thioether (sulfide) groups is 1. The van der Waals surface area contributed by atoms with Crippen LogP contribution >= 0.6 is 34.7 Å². The predicted molar refractivity (Wildman–Crippen MR) is 130 cm³/mol. The van der Waals surface area contributed by atoms with E-state index in [9.17, 15) is 4.79 Å². The van der Waals surface area contributed by atoms with Gasteiger partial charge in [-0.05, 0) is 35.7 Å². The zero-order valence-corrected chi connectivity index (χ0v) is 19.1. The fourth-order valence-electron chi connectivity index (χ4n) is 4.06. The zero-order valence-electron chi connectivity index (χ0n) is 16.7. The van der Waals surface area contributed by atoms with Gasteiger partial charge in [-0.15, -0.1) is 21.5 Å². The minimum atomic E-state index is 0.0723. The molecule has 32 heavy (non-hydrogen) atoms. The largest absolute Gasteiger partial charge is 0.311 e. The molecule has 0 unspecified atom stereocenters. The summed E-state index contributed by atoms with van der Waals surface area (Å²) in [4.78, 5) is 20.3. The quantitative estimate of drug-likeness (QED) is 0.327. The molecule has 1 amide bonds. The Balaban J connectivity index is 1.30. The molecule has 0 saturated heterocycles. The van der Waals surface area contributed by atoms with Crippen molar-refractivity contribution in [1.82, 2.24) is 19.6 Å². The lowest BCUT2D eigenvalue weighted by Crippen LogP contribution is -2.30. The topological polar surface area (TPSA) is 63.4 Å². The number of fused-ring (bicyclic) bond motifs is 4. The molecule has 3 aromatic heterocycles. The lowest BCUT2D eigenvalue weighted by atomic mass is 10.1. The number of anilines is 1. The number of nitrogens with zero attached hydrogens (tertiary/aromatic N) is 5. The van der Waals surface area contributed by atoms with Crippen molar-refractivity contribution in [1.29, 1.82) is 0 Å². The van der Waals surface area contributed by atoms with E-state index in [-0.39, 0.29) is 5.91 Å². The fourth-order valence-corrected chi connectivity index (χ4v) is 5.88. The van der Waals surface area contributed by atoms with E-state index < -0.39 is 0 Å². The molecule has 2 aromatic carbocycles. The molecule has 0 bridgehead atoms. The van der Waals surface area contributed by atoms with E-state index in [1.54, 1.807) is 17.7 Å². The lowest BCUT2D eigenvalue weighted by molar-refractivity contribution is -0.116. The number of halogens is 1. The molecule has 4 heterocycles. The molecule has 9 heteroatoms. The molecule has 0 saturated carbocycles. The zero-order chi connectivity index (χ0) is 21.7.